The molecule has 0 aliphatic carbocycles. The molecule has 2 heterocycles. The minimum absolute atomic E-state index is 0.00230. The van der Waals surface area contributed by atoms with Crippen molar-refractivity contribution < 1.29 is 9.59 Å². The second-order valence-electron chi connectivity index (χ2n) is 7.05. The Labute approximate surface area is 152 Å². The van der Waals surface area contributed by atoms with Crippen LogP contribution in [0.1, 0.15) is 29.8 Å². The number of rotatable bonds is 4. The van der Waals surface area contributed by atoms with E-state index < -0.39 is 6.04 Å². The first-order chi connectivity index (χ1) is 12.5. The number of aromatic nitrogens is 1. The molecule has 0 radical (unpaired) electrons. The van der Waals surface area contributed by atoms with Gasteiger partial charge in [0.25, 0.3) is 5.91 Å². The number of carbonyl (C=O) groups excluding carboxylic acids is 2. The second-order valence-corrected chi connectivity index (χ2v) is 7.05. The normalized spacial score (nSPS) is 14.7. The van der Waals surface area contributed by atoms with Crippen LogP contribution in [0.2, 0.25) is 0 Å². The summed E-state index contributed by atoms with van der Waals surface area (Å²) in [7, 11) is 0. The third-order valence-corrected chi connectivity index (χ3v) is 4.91. The van der Waals surface area contributed by atoms with Crippen molar-refractivity contribution in [3.05, 3.63) is 65.9 Å². The number of hydrogen-bond donors (Lipinski definition) is 2. The summed E-state index contributed by atoms with van der Waals surface area (Å²) in [5.41, 5.74) is 3.36. The number of nitrogens with one attached hydrogen (secondary N) is 2. The van der Waals surface area contributed by atoms with Crippen LogP contribution < -0.4 is 5.32 Å². The molecule has 0 unspecified atom stereocenters. The molecule has 5 nitrogen and oxygen atoms in total. The Balaban J connectivity index is 1.58. The Kier molecular flexibility index (Phi) is 3.99. The van der Waals surface area contributed by atoms with Gasteiger partial charge in [0.05, 0.1) is 0 Å². The van der Waals surface area contributed by atoms with Crippen LogP contribution in [-0.2, 0) is 11.3 Å². The van der Waals surface area contributed by atoms with Crippen LogP contribution >= 0.6 is 0 Å². The summed E-state index contributed by atoms with van der Waals surface area (Å²) in [6, 6.07) is 14.8. The first-order valence-corrected chi connectivity index (χ1v) is 8.81. The summed E-state index contributed by atoms with van der Waals surface area (Å²) in [5, 5.41) is 4.07. The molecule has 0 bridgehead atoms. The van der Waals surface area contributed by atoms with E-state index in [4.69, 9.17) is 0 Å². The first-order valence-electron chi connectivity index (χ1n) is 8.81. The lowest BCUT2D eigenvalue weighted by Crippen LogP contribution is -2.47. The highest BCUT2D eigenvalue weighted by molar-refractivity contribution is 6.04. The number of amides is 2. The monoisotopic (exact) mass is 347 g/mol. The molecule has 0 saturated heterocycles. The van der Waals surface area contributed by atoms with Gasteiger partial charge in [0, 0.05) is 29.5 Å². The fourth-order valence-electron chi connectivity index (χ4n) is 3.65. The van der Waals surface area contributed by atoms with Gasteiger partial charge in [0.15, 0.2) is 0 Å². The Bertz CT molecular complexity index is 990. The molecular formula is C21H21N3O2. The van der Waals surface area contributed by atoms with Gasteiger partial charge in [-0.3, -0.25) is 9.59 Å². The predicted octanol–water partition coefficient (Wildman–Crippen LogP) is 3.79. The van der Waals surface area contributed by atoms with Gasteiger partial charge in [-0.05, 0) is 41.1 Å². The van der Waals surface area contributed by atoms with Gasteiger partial charge < -0.3 is 15.2 Å². The highest BCUT2D eigenvalue weighted by Crippen LogP contribution is 2.28. The van der Waals surface area contributed by atoms with Crippen LogP contribution in [0.25, 0.3) is 10.9 Å². The van der Waals surface area contributed by atoms with Crippen LogP contribution in [0.5, 0.6) is 0 Å². The maximum atomic E-state index is 13.0. The zero-order chi connectivity index (χ0) is 18.3. The van der Waals surface area contributed by atoms with Crippen LogP contribution in [0, 0.1) is 5.92 Å². The maximum Gasteiger partial charge on any atom is 0.255 e. The van der Waals surface area contributed by atoms with Gasteiger partial charge >= 0.3 is 0 Å². The van der Waals surface area contributed by atoms with E-state index in [2.05, 4.69) is 10.3 Å². The van der Waals surface area contributed by atoms with Crippen molar-refractivity contribution in [1.82, 2.24) is 9.88 Å². The molecule has 1 aliphatic heterocycles. The van der Waals surface area contributed by atoms with Crippen molar-refractivity contribution in [1.29, 1.82) is 0 Å². The minimum atomic E-state index is -0.519. The quantitative estimate of drug-likeness (QED) is 0.754. The summed E-state index contributed by atoms with van der Waals surface area (Å²) < 4.78 is 0. The van der Waals surface area contributed by atoms with Crippen molar-refractivity contribution in [3.8, 4) is 0 Å². The Morgan fingerprint density at radius 2 is 1.96 bits per heavy atom. The van der Waals surface area contributed by atoms with Gasteiger partial charge in [-0.2, -0.15) is 0 Å². The number of fused-ring (bicyclic) bond motifs is 2. The average Bonchev–Trinajstić information content (AvgIpc) is 3.20. The SMILES string of the molecule is CC(C)[C@@H](C(=O)Nc1ccc2cc[nH]c2c1)N1Cc2ccccc2C1=O. The molecule has 1 aliphatic rings. The molecule has 26 heavy (non-hydrogen) atoms. The van der Waals surface area contributed by atoms with Crippen molar-refractivity contribution in [2.75, 3.05) is 5.32 Å². The number of nitrogens with zero attached hydrogens (tertiary/aromatic N) is 1. The molecule has 1 atom stereocenters. The van der Waals surface area contributed by atoms with E-state index in [1.165, 1.54) is 0 Å². The lowest BCUT2D eigenvalue weighted by atomic mass is 10.0. The van der Waals surface area contributed by atoms with E-state index in [9.17, 15) is 9.59 Å². The number of H-pyrrole nitrogens is 1. The third-order valence-electron chi connectivity index (χ3n) is 4.91. The van der Waals surface area contributed by atoms with E-state index in [1.54, 1.807) is 4.90 Å². The molecule has 0 saturated carbocycles. The molecule has 0 spiro atoms. The van der Waals surface area contributed by atoms with Gasteiger partial charge in [-0.25, -0.2) is 0 Å². The second kappa shape index (κ2) is 6.33. The van der Waals surface area contributed by atoms with Gasteiger partial charge in [-0.1, -0.05) is 38.1 Å². The van der Waals surface area contributed by atoms with Crippen LogP contribution in [-0.4, -0.2) is 27.7 Å². The smallest absolute Gasteiger partial charge is 0.255 e. The molecule has 2 amide bonds. The molecule has 2 aromatic carbocycles. The molecule has 2 N–H and O–H groups in total. The summed E-state index contributed by atoms with van der Waals surface area (Å²) in [5.74, 6) is -0.233. The molecule has 5 heteroatoms. The molecule has 0 fully saturated rings. The third kappa shape index (κ3) is 2.75. The van der Waals surface area contributed by atoms with E-state index >= 15 is 0 Å². The van der Waals surface area contributed by atoms with Crippen LogP contribution in [0.15, 0.2) is 54.7 Å². The summed E-state index contributed by atoms with van der Waals surface area (Å²) in [6.07, 6.45) is 1.87. The summed E-state index contributed by atoms with van der Waals surface area (Å²) >= 11 is 0. The van der Waals surface area contributed by atoms with Crippen molar-refractivity contribution >= 4 is 28.4 Å². The minimum Gasteiger partial charge on any atom is -0.361 e. The standard InChI is InChI=1S/C21H21N3O2/c1-13(2)19(24-12-15-5-3-4-6-17(15)21(24)26)20(25)23-16-8-7-14-9-10-22-18(14)11-16/h3-11,13,19,22H,12H2,1-2H3,(H,23,25)/t19-/m0/s1. The summed E-state index contributed by atoms with van der Waals surface area (Å²) in [6.45, 7) is 4.41. The van der Waals surface area contributed by atoms with Crippen molar-refractivity contribution in [3.63, 3.8) is 0 Å². The Morgan fingerprint density at radius 1 is 1.15 bits per heavy atom. The fourth-order valence-corrected chi connectivity index (χ4v) is 3.65. The van der Waals surface area contributed by atoms with E-state index in [-0.39, 0.29) is 17.7 Å². The van der Waals surface area contributed by atoms with E-state index in [0.717, 1.165) is 22.2 Å². The lowest BCUT2D eigenvalue weighted by Gasteiger charge is -2.29. The fraction of sp³-hybridized carbons (Fsp3) is 0.238. The highest BCUT2D eigenvalue weighted by Gasteiger charge is 2.37. The zero-order valence-electron chi connectivity index (χ0n) is 14.8. The van der Waals surface area contributed by atoms with Gasteiger partial charge in [0.1, 0.15) is 6.04 Å². The Morgan fingerprint density at radius 3 is 2.73 bits per heavy atom. The molecule has 3 aromatic rings. The molecule has 132 valence electrons. The number of anilines is 1. The molecule has 1 aromatic heterocycles. The van der Waals surface area contributed by atoms with Crippen molar-refractivity contribution in [2.45, 2.75) is 26.4 Å². The maximum absolute atomic E-state index is 13.0. The molecule has 4 rings (SSSR count). The van der Waals surface area contributed by atoms with Gasteiger partial charge in [0.2, 0.25) is 5.91 Å². The molecular weight excluding hydrogens is 326 g/mol. The largest absolute Gasteiger partial charge is 0.361 e. The number of aromatic amines is 1. The summed E-state index contributed by atoms with van der Waals surface area (Å²) in [4.78, 5) is 30.6. The van der Waals surface area contributed by atoms with Gasteiger partial charge in [-0.15, -0.1) is 0 Å². The lowest BCUT2D eigenvalue weighted by molar-refractivity contribution is -0.122. The predicted molar refractivity (Wildman–Crippen MR) is 102 cm³/mol. The van der Waals surface area contributed by atoms with Crippen LogP contribution in [0.3, 0.4) is 0 Å². The zero-order valence-corrected chi connectivity index (χ0v) is 14.8. The van der Waals surface area contributed by atoms with E-state index in [0.29, 0.717) is 12.1 Å². The van der Waals surface area contributed by atoms with Crippen molar-refractivity contribution in [2.24, 2.45) is 5.92 Å². The topological polar surface area (TPSA) is 65.2 Å². The number of benzene rings is 2. The first kappa shape index (κ1) is 16.4. The van der Waals surface area contributed by atoms with E-state index in [1.807, 2.05) is 68.6 Å². The number of carbonyl (C=O) groups is 2. The number of hydrogen-bond acceptors (Lipinski definition) is 2. The van der Waals surface area contributed by atoms with Crippen LogP contribution in [0.4, 0.5) is 5.69 Å². The average molecular weight is 347 g/mol. The Hall–Kier alpha value is -3.08. The highest BCUT2D eigenvalue weighted by atomic mass is 16.2.